The first-order valence-corrected chi connectivity index (χ1v) is 7.59. The third-order valence-electron chi connectivity index (χ3n) is 4.66. The molecule has 2 heterocycles. The normalized spacial score (nSPS) is 22.0. The molecule has 0 amide bonds. The van der Waals surface area contributed by atoms with Gasteiger partial charge in [0.15, 0.2) is 0 Å². The largest absolute Gasteiger partial charge is 0.365 e. The summed E-state index contributed by atoms with van der Waals surface area (Å²) in [5.41, 5.74) is 7.41. The van der Waals surface area contributed by atoms with Crippen LogP contribution in [0.15, 0.2) is 30.5 Å². The quantitative estimate of drug-likeness (QED) is 0.695. The number of benzene rings is 1. The standard InChI is InChI=1S/C16H20N4O2/c1-11-6-7-19(10-12(11)8-17)16-13-4-2-3-5-14(13)18-9-15(16)20(21)22/h2-5,9,11-12H,6-8,10,17H2,1H3. The Hall–Kier alpha value is -2.21. The highest BCUT2D eigenvalue weighted by molar-refractivity contribution is 5.96. The van der Waals surface area contributed by atoms with Crippen molar-refractivity contribution in [2.75, 3.05) is 24.5 Å². The highest BCUT2D eigenvalue weighted by Gasteiger charge is 2.30. The summed E-state index contributed by atoms with van der Waals surface area (Å²) in [5.74, 6) is 0.911. The summed E-state index contributed by atoms with van der Waals surface area (Å²) in [6.07, 6.45) is 2.36. The monoisotopic (exact) mass is 300 g/mol. The van der Waals surface area contributed by atoms with Gasteiger partial charge in [0, 0.05) is 18.5 Å². The summed E-state index contributed by atoms with van der Waals surface area (Å²) >= 11 is 0. The summed E-state index contributed by atoms with van der Waals surface area (Å²) in [7, 11) is 0. The van der Waals surface area contributed by atoms with Crippen molar-refractivity contribution in [2.24, 2.45) is 17.6 Å². The summed E-state index contributed by atoms with van der Waals surface area (Å²) in [6.45, 7) is 4.38. The Morgan fingerprint density at radius 1 is 1.45 bits per heavy atom. The molecule has 0 saturated carbocycles. The van der Waals surface area contributed by atoms with Gasteiger partial charge < -0.3 is 10.6 Å². The topological polar surface area (TPSA) is 85.3 Å². The van der Waals surface area contributed by atoms with Crippen molar-refractivity contribution in [3.05, 3.63) is 40.6 Å². The second-order valence-electron chi connectivity index (χ2n) is 5.97. The van der Waals surface area contributed by atoms with Crippen LogP contribution in [0.2, 0.25) is 0 Å². The number of hydrogen-bond donors (Lipinski definition) is 1. The predicted molar refractivity (Wildman–Crippen MR) is 86.9 cm³/mol. The number of nitrogens with zero attached hydrogens (tertiary/aromatic N) is 3. The molecular weight excluding hydrogens is 280 g/mol. The molecule has 6 heteroatoms. The van der Waals surface area contributed by atoms with E-state index in [0.717, 1.165) is 30.4 Å². The number of fused-ring (bicyclic) bond motifs is 1. The van der Waals surface area contributed by atoms with Crippen molar-refractivity contribution < 1.29 is 4.92 Å². The summed E-state index contributed by atoms with van der Waals surface area (Å²) < 4.78 is 0. The van der Waals surface area contributed by atoms with Crippen molar-refractivity contribution >= 4 is 22.3 Å². The maximum Gasteiger partial charge on any atom is 0.311 e. The molecule has 1 saturated heterocycles. The molecule has 1 aromatic carbocycles. The molecule has 1 aliphatic rings. The lowest BCUT2D eigenvalue weighted by Crippen LogP contribution is -2.43. The fourth-order valence-electron chi connectivity index (χ4n) is 3.24. The van der Waals surface area contributed by atoms with Crippen LogP contribution in [0.5, 0.6) is 0 Å². The molecule has 3 rings (SSSR count). The number of pyridine rings is 1. The van der Waals surface area contributed by atoms with Crippen molar-refractivity contribution in [3.8, 4) is 0 Å². The van der Waals surface area contributed by atoms with Crippen LogP contribution < -0.4 is 10.6 Å². The lowest BCUT2D eigenvalue weighted by atomic mass is 9.86. The van der Waals surface area contributed by atoms with Gasteiger partial charge in [-0.1, -0.05) is 25.1 Å². The summed E-state index contributed by atoms with van der Waals surface area (Å²) in [6, 6.07) is 7.58. The Bertz CT molecular complexity index is 704. The van der Waals surface area contributed by atoms with E-state index in [1.807, 2.05) is 24.3 Å². The van der Waals surface area contributed by atoms with Gasteiger partial charge in [-0.2, -0.15) is 0 Å². The van der Waals surface area contributed by atoms with Crippen molar-refractivity contribution in [1.82, 2.24) is 4.98 Å². The van der Waals surface area contributed by atoms with E-state index in [1.165, 1.54) is 6.20 Å². The first kappa shape index (κ1) is 14.7. The third kappa shape index (κ3) is 2.50. The van der Waals surface area contributed by atoms with Gasteiger partial charge in [-0.25, -0.2) is 4.98 Å². The number of anilines is 1. The third-order valence-corrected chi connectivity index (χ3v) is 4.66. The van der Waals surface area contributed by atoms with Gasteiger partial charge in [-0.15, -0.1) is 0 Å². The number of rotatable bonds is 3. The highest BCUT2D eigenvalue weighted by atomic mass is 16.6. The van der Waals surface area contributed by atoms with Crippen LogP contribution in [0.1, 0.15) is 13.3 Å². The van der Waals surface area contributed by atoms with E-state index < -0.39 is 0 Å². The van der Waals surface area contributed by atoms with Crippen LogP contribution >= 0.6 is 0 Å². The minimum absolute atomic E-state index is 0.0732. The Kier molecular flexibility index (Phi) is 3.94. The van der Waals surface area contributed by atoms with Crippen LogP contribution in [-0.2, 0) is 0 Å². The first-order valence-electron chi connectivity index (χ1n) is 7.59. The Balaban J connectivity index is 2.11. The maximum absolute atomic E-state index is 11.4. The molecule has 0 bridgehead atoms. The van der Waals surface area contributed by atoms with Crippen LogP contribution in [0.3, 0.4) is 0 Å². The van der Waals surface area contributed by atoms with Crippen LogP contribution in [0, 0.1) is 22.0 Å². The average Bonchev–Trinajstić information content (AvgIpc) is 2.54. The van der Waals surface area contributed by atoms with Gasteiger partial charge in [0.2, 0.25) is 0 Å². The van der Waals surface area contributed by atoms with E-state index in [2.05, 4.69) is 16.8 Å². The molecule has 2 atom stereocenters. The lowest BCUT2D eigenvalue weighted by molar-refractivity contribution is -0.384. The van der Waals surface area contributed by atoms with Gasteiger partial charge in [0.25, 0.3) is 0 Å². The Morgan fingerprint density at radius 2 is 2.23 bits per heavy atom. The van der Waals surface area contributed by atoms with Crippen LogP contribution in [0.25, 0.3) is 10.9 Å². The predicted octanol–water partition coefficient (Wildman–Crippen LogP) is 2.56. The molecule has 1 aliphatic heterocycles. The smallest absolute Gasteiger partial charge is 0.311 e. The fourth-order valence-corrected chi connectivity index (χ4v) is 3.24. The molecule has 116 valence electrons. The number of piperidine rings is 1. The van der Waals surface area contributed by atoms with Gasteiger partial charge >= 0.3 is 5.69 Å². The number of aromatic nitrogens is 1. The van der Waals surface area contributed by atoms with Crippen molar-refractivity contribution in [3.63, 3.8) is 0 Å². The molecule has 0 aliphatic carbocycles. The molecule has 2 unspecified atom stereocenters. The molecule has 2 aromatic rings. The van der Waals surface area contributed by atoms with E-state index in [4.69, 9.17) is 5.73 Å². The van der Waals surface area contributed by atoms with E-state index >= 15 is 0 Å². The Labute approximate surface area is 129 Å². The molecular formula is C16H20N4O2. The zero-order valence-electron chi connectivity index (χ0n) is 12.6. The van der Waals surface area contributed by atoms with Gasteiger partial charge in [-0.05, 0) is 30.9 Å². The molecule has 1 fully saturated rings. The summed E-state index contributed by atoms with van der Waals surface area (Å²) in [4.78, 5) is 17.4. The number of hydrogen-bond acceptors (Lipinski definition) is 5. The minimum Gasteiger partial charge on any atom is -0.365 e. The number of nitro groups is 1. The number of nitrogens with two attached hydrogens (primary N) is 1. The second kappa shape index (κ2) is 5.88. The molecule has 22 heavy (non-hydrogen) atoms. The SMILES string of the molecule is CC1CCN(c2c([N+](=O)[O-])cnc3ccccc23)CC1CN. The maximum atomic E-state index is 11.4. The van der Waals surface area contributed by atoms with Crippen molar-refractivity contribution in [2.45, 2.75) is 13.3 Å². The minimum atomic E-state index is -0.343. The zero-order chi connectivity index (χ0) is 15.7. The number of para-hydroxylation sites is 1. The van der Waals surface area contributed by atoms with E-state index in [-0.39, 0.29) is 10.6 Å². The van der Waals surface area contributed by atoms with E-state index in [9.17, 15) is 10.1 Å². The molecule has 6 nitrogen and oxygen atoms in total. The second-order valence-corrected chi connectivity index (χ2v) is 5.97. The van der Waals surface area contributed by atoms with E-state index in [1.54, 1.807) is 0 Å². The zero-order valence-corrected chi connectivity index (χ0v) is 12.6. The summed E-state index contributed by atoms with van der Waals surface area (Å²) in [5, 5.41) is 12.3. The average molecular weight is 300 g/mol. The van der Waals surface area contributed by atoms with Gasteiger partial charge in [0.05, 0.1) is 10.4 Å². The fraction of sp³-hybridized carbons (Fsp3) is 0.438. The van der Waals surface area contributed by atoms with Crippen molar-refractivity contribution in [1.29, 1.82) is 0 Å². The first-order chi connectivity index (χ1) is 10.6. The van der Waals surface area contributed by atoms with E-state index in [0.29, 0.717) is 24.1 Å². The molecule has 1 aromatic heterocycles. The van der Waals surface area contributed by atoms with Crippen LogP contribution in [0.4, 0.5) is 11.4 Å². The Morgan fingerprint density at radius 3 is 2.95 bits per heavy atom. The molecule has 0 spiro atoms. The van der Waals surface area contributed by atoms with Crippen LogP contribution in [-0.4, -0.2) is 29.5 Å². The lowest BCUT2D eigenvalue weighted by Gasteiger charge is -2.38. The van der Waals surface area contributed by atoms with Gasteiger partial charge in [0.1, 0.15) is 11.9 Å². The highest BCUT2D eigenvalue weighted by Crippen LogP contribution is 2.37. The van der Waals surface area contributed by atoms with Gasteiger partial charge in [-0.3, -0.25) is 10.1 Å². The molecule has 2 N–H and O–H groups in total. The molecule has 0 radical (unpaired) electrons.